The third kappa shape index (κ3) is 4.44. The molecule has 0 aromatic heterocycles. The van der Waals surface area contributed by atoms with Crippen molar-refractivity contribution < 1.29 is 0 Å². The summed E-state index contributed by atoms with van der Waals surface area (Å²) in [5.74, 6) is 0. The number of rotatable bonds is 4. The van der Waals surface area contributed by atoms with Crippen LogP contribution in [0.25, 0.3) is 66.8 Å². The quantitative estimate of drug-likeness (QED) is 0.187. The van der Waals surface area contributed by atoms with Gasteiger partial charge in [-0.05, 0) is 108 Å². The van der Waals surface area contributed by atoms with Gasteiger partial charge in [0.1, 0.15) is 6.07 Å². The molecule has 8 aromatic carbocycles. The van der Waals surface area contributed by atoms with E-state index < -0.39 is 5.41 Å². The van der Waals surface area contributed by atoms with E-state index in [4.69, 9.17) is 0 Å². The Labute approximate surface area is 309 Å². The van der Waals surface area contributed by atoms with Gasteiger partial charge in [-0.3, -0.25) is 0 Å². The molecule has 2 aliphatic carbocycles. The highest BCUT2D eigenvalue weighted by Crippen LogP contribution is 2.65. The van der Waals surface area contributed by atoms with Crippen LogP contribution in [-0.4, -0.2) is 0 Å². The molecule has 0 heterocycles. The minimum absolute atomic E-state index is 0.592. The Bertz CT molecular complexity index is 2730. The lowest BCUT2D eigenvalue weighted by molar-refractivity contribution is 0.796. The topological polar surface area (TPSA) is 47.6 Å². The summed E-state index contributed by atoms with van der Waals surface area (Å²) < 4.78 is 0. The summed E-state index contributed by atoms with van der Waals surface area (Å²) in [7, 11) is 0. The number of benzene rings is 8. The van der Waals surface area contributed by atoms with Gasteiger partial charge in [0.2, 0.25) is 0 Å². The Morgan fingerprint density at radius 2 is 0.830 bits per heavy atom. The molecule has 0 amide bonds. The maximum absolute atomic E-state index is 10.7. The normalized spacial score (nSPS) is 12.6. The Balaban J connectivity index is 1.32. The van der Waals surface area contributed by atoms with Crippen LogP contribution in [0.3, 0.4) is 0 Å². The first kappa shape index (κ1) is 30.6. The molecule has 0 saturated carbocycles. The highest BCUT2D eigenvalue weighted by molar-refractivity contribution is 6.00. The second-order valence-electron chi connectivity index (χ2n) is 13.8. The van der Waals surface area contributed by atoms with Gasteiger partial charge in [0.25, 0.3) is 0 Å². The van der Waals surface area contributed by atoms with Gasteiger partial charge in [-0.2, -0.15) is 10.5 Å². The molecule has 0 unspecified atom stereocenters. The molecular weight excluding hydrogens is 641 g/mol. The van der Waals surface area contributed by atoms with Crippen LogP contribution in [0.1, 0.15) is 33.4 Å². The van der Waals surface area contributed by atoms with E-state index in [-0.39, 0.29) is 0 Å². The van der Waals surface area contributed by atoms with Crippen LogP contribution in [0.15, 0.2) is 182 Å². The van der Waals surface area contributed by atoms with Gasteiger partial charge < -0.3 is 0 Å². The second-order valence-corrected chi connectivity index (χ2v) is 13.8. The second kappa shape index (κ2) is 11.9. The average molecular weight is 671 g/mol. The largest absolute Gasteiger partial charge is 0.192 e. The zero-order valence-electron chi connectivity index (χ0n) is 28.7. The molecule has 0 N–H and O–H groups in total. The minimum atomic E-state index is -0.592. The predicted molar refractivity (Wildman–Crippen MR) is 214 cm³/mol. The molecule has 53 heavy (non-hydrogen) atoms. The average Bonchev–Trinajstić information content (AvgIpc) is 3.71. The standard InChI is InChI=1S/C51H30N2/c52-31-33-22-24-34(25-23-33)37-26-27-42-43-19-11-18-39(50(43)51(49(42)30-37)47-20-9-7-16-40(47)41-17-8-10-21-48(41)51)38-28-44(35-12-3-1-4-13-35)46(32-53)45(29-38)36-14-5-2-6-15-36/h1-30H. The fourth-order valence-corrected chi connectivity index (χ4v) is 8.97. The van der Waals surface area contributed by atoms with E-state index in [1.807, 2.05) is 60.7 Å². The molecule has 0 atom stereocenters. The van der Waals surface area contributed by atoms with Gasteiger partial charge >= 0.3 is 0 Å². The van der Waals surface area contributed by atoms with Crippen molar-refractivity contribution in [3.05, 3.63) is 215 Å². The van der Waals surface area contributed by atoms with Crippen molar-refractivity contribution in [2.45, 2.75) is 5.41 Å². The summed E-state index contributed by atoms with van der Waals surface area (Å²) >= 11 is 0. The van der Waals surface area contributed by atoms with Crippen LogP contribution in [-0.2, 0) is 5.41 Å². The Morgan fingerprint density at radius 1 is 0.321 bits per heavy atom. The number of hydrogen-bond acceptors (Lipinski definition) is 2. The number of fused-ring (bicyclic) bond motifs is 10. The maximum Gasteiger partial charge on any atom is 0.100 e. The zero-order valence-corrected chi connectivity index (χ0v) is 28.7. The summed E-state index contributed by atoms with van der Waals surface area (Å²) in [6.45, 7) is 0. The summed E-state index contributed by atoms with van der Waals surface area (Å²) in [5, 5.41) is 20.2. The van der Waals surface area contributed by atoms with E-state index >= 15 is 0 Å². The van der Waals surface area contributed by atoms with Crippen molar-refractivity contribution in [3.63, 3.8) is 0 Å². The molecule has 0 aliphatic heterocycles. The van der Waals surface area contributed by atoms with Crippen molar-refractivity contribution in [3.8, 4) is 78.9 Å². The first-order chi connectivity index (χ1) is 26.2. The molecule has 0 radical (unpaired) electrons. The highest BCUT2D eigenvalue weighted by Gasteiger charge is 2.52. The van der Waals surface area contributed by atoms with E-state index in [2.05, 4.69) is 133 Å². The molecule has 244 valence electrons. The van der Waals surface area contributed by atoms with E-state index in [0.717, 1.165) is 44.5 Å². The summed E-state index contributed by atoms with van der Waals surface area (Å²) in [4.78, 5) is 0. The molecule has 10 rings (SSSR count). The minimum Gasteiger partial charge on any atom is -0.192 e. The number of nitriles is 2. The molecule has 8 aromatic rings. The molecule has 0 fully saturated rings. The fourth-order valence-electron chi connectivity index (χ4n) is 8.97. The fraction of sp³-hybridized carbons (Fsp3) is 0.0196. The van der Waals surface area contributed by atoms with E-state index in [1.54, 1.807) is 0 Å². The van der Waals surface area contributed by atoms with Gasteiger partial charge in [-0.15, -0.1) is 0 Å². The number of nitrogens with zero attached hydrogens (tertiary/aromatic N) is 2. The molecule has 1 spiro atoms. The number of hydrogen-bond donors (Lipinski definition) is 0. The first-order valence-corrected chi connectivity index (χ1v) is 17.9. The summed E-state index contributed by atoms with van der Waals surface area (Å²) in [6, 6.07) is 69.1. The SMILES string of the molecule is N#Cc1ccc(-c2ccc3c(c2)C2(c4ccccc4-c4ccccc42)c2c(-c4cc(-c5ccccc5)c(C#N)c(-c5ccccc5)c4)cccc2-3)cc1. The van der Waals surface area contributed by atoms with Crippen LogP contribution >= 0.6 is 0 Å². The molecule has 2 heteroatoms. The van der Waals surface area contributed by atoms with Crippen LogP contribution < -0.4 is 0 Å². The molecule has 0 saturated heterocycles. The third-order valence-corrected chi connectivity index (χ3v) is 11.2. The molecule has 0 bridgehead atoms. The van der Waals surface area contributed by atoms with Crippen LogP contribution in [0.4, 0.5) is 0 Å². The van der Waals surface area contributed by atoms with Gasteiger partial charge in [-0.25, -0.2) is 0 Å². The predicted octanol–water partition coefficient (Wildman–Crippen LogP) is 12.4. The first-order valence-electron chi connectivity index (χ1n) is 17.9. The van der Waals surface area contributed by atoms with Crippen molar-refractivity contribution in [2.24, 2.45) is 0 Å². The zero-order chi connectivity index (χ0) is 35.5. The van der Waals surface area contributed by atoms with Crippen LogP contribution in [0.2, 0.25) is 0 Å². The van der Waals surface area contributed by atoms with E-state index in [1.165, 1.54) is 44.5 Å². The lowest BCUT2D eigenvalue weighted by atomic mass is 9.68. The van der Waals surface area contributed by atoms with Crippen molar-refractivity contribution >= 4 is 0 Å². The Hall–Kier alpha value is -7.26. The molecular formula is C51H30N2. The van der Waals surface area contributed by atoms with Gasteiger partial charge in [0, 0.05) is 11.1 Å². The lowest BCUT2D eigenvalue weighted by Gasteiger charge is -2.32. The van der Waals surface area contributed by atoms with E-state index in [9.17, 15) is 10.5 Å². The van der Waals surface area contributed by atoms with Gasteiger partial charge in [-0.1, -0.05) is 152 Å². The third-order valence-electron chi connectivity index (χ3n) is 11.2. The van der Waals surface area contributed by atoms with E-state index in [0.29, 0.717) is 11.1 Å². The lowest BCUT2D eigenvalue weighted by Crippen LogP contribution is -2.26. The Morgan fingerprint density at radius 3 is 1.42 bits per heavy atom. The van der Waals surface area contributed by atoms with Crippen LogP contribution in [0, 0.1) is 22.7 Å². The molecule has 2 aliphatic rings. The van der Waals surface area contributed by atoms with Crippen molar-refractivity contribution in [2.75, 3.05) is 0 Å². The van der Waals surface area contributed by atoms with Gasteiger partial charge in [0.05, 0.1) is 22.6 Å². The maximum atomic E-state index is 10.7. The van der Waals surface area contributed by atoms with Crippen molar-refractivity contribution in [1.82, 2.24) is 0 Å². The van der Waals surface area contributed by atoms with Gasteiger partial charge in [0.15, 0.2) is 0 Å². The van der Waals surface area contributed by atoms with Crippen molar-refractivity contribution in [1.29, 1.82) is 10.5 Å². The smallest absolute Gasteiger partial charge is 0.100 e. The highest BCUT2D eigenvalue weighted by atomic mass is 14.5. The summed E-state index contributed by atoms with van der Waals surface area (Å²) in [5.41, 5.74) is 18.9. The molecule has 2 nitrogen and oxygen atoms in total. The summed E-state index contributed by atoms with van der Waals surface area (Å²) in [6.07, 6.45) is 0. The monoisotopic (exact) mass is 670 g/mol. The van der Waals surface area contributed by atoms with Crippen LogP contribution in [0.5, 0.6) is 0 Å². The Kier molecular flexibility index (Phi) is 6.87.